The third-order valence-electron chi connectivity index (χ3n) is 10.5. The van der Waals surface area contributed by atoms with Crippen molar-refractivity contribution in [1.82, 2.24) is 0 Å². The Balaban J connectivity index is 3.55. The van der Waals surface area contributed by atoms with Crippen molar-refractivity contribution in [3.05, 3.63) is 41.5 Å². The first-order chi connectivity index (χ1) is 26.2. The Morgan fingerprint density at radius 1 is 0.648 bits per heavy atom. The van der Waals surface area contributed by atoms with E-state index in [1.54, 1.807) is 7.11 Å². The first-order valence-electron chi connectivity index (χ1n) is 21.6. The maximum atomic E-state index is 13.2. The first kappa shape index (κ1) is 49.1. The lowest BCUT2D eigenvalue weighted by Gasteiger charge is -2.34. The second kappa shape index (κ2) is 31.3. The van der Waals surface area contributed by atoms with Crippen LogP contribution in [0.3, 0.4) is 0 Å². The van der Waals surface area contributed by atoms with Gasteiger partial charge in [0.05, 0.1) is 25.7 Å². The van der Waals surface area contributed by atoms with Crippen molar-refractivity contribution in [2.75, 3.05) is 26.9 Å². The lowest BCUT2D eigenvalue weighted by atomic mass is 9.77. The lowest BCUT2D eigenvalue weighted by molar-refractivity contribution is -0.158. The van der Waals surface area contributed by atoms with Crippen LogP contribution in [0.2, 0.25) is 0 Å². The highest BCUT2D eigenvalue weighted by Gasteiger charge is 2.38. The van der Waals surface area contributed by atoms with E-state index in [2.05, 4.69) is 34.6 Å². The molecule has 1 atom stereocenters. The van der Waals surface area contributed by atoms with E-state index in [1.165, 1.54) is 0 Å². The summed E-state index contributed by atoms with van der Waals surface area (Å²) in [6.45, 7) is 11.0. The second-order valence-electron chi connectivity index (χ2n) is 15.5. The molecule has 54 heavy (non-hydrogen) atoms. The van der Waals surface area contributed by atoms with E-state index < -0.39 is 11.4 Å². The fraction of sp³-hybridized carbons (Fsp3) is 0.761. The molecule has 0 heterocycles. The van der Waals surface area contributed by atoms with Gasteiger partial charge in [0, 0.05) is 18.4 Å². The van der Waals surface area contributed by atoms with Crippen LogP contribution in [0.25, 0.3) is 0 Å². The number of benzene rings is 1. The van der Waals surface area contributed by atoms with Gasteiger partial charge in [0.15, 0.2) is 0 Å². The first-order valence-corrected chi connectivity index (χ1v) is 21.6. The summed E-state index contributed by atoms with van der Waals surface area (Å²) < 4.78 is 23.6. The summed E-state index contributed by atoms with van der Waals surface area (Å²) in [5.74, 6) is -0.402. The number of methoxy groups -OCH3 is 1. The maximum Gasteiger partial charge on any atom is 0.331 e. The standard InChI is InChI=1S/C46H78O8/c1-7-12-17-19-21-26-43(47)53-36-46(37-54-44(48)27-22-20-18-13-8-2,35-52-34-38-28-30-42(51-6)31-29-38)33-41(45(49)50)32-40(25-16-11-5)39(23-14-9-3)24-15-10-4/h28-32,39-40H,7-27,33-37H2,1-6H3,(H,49,50). The zero-order valence-electron chi connectivity index (χ0n) is 35.2. The Morgan fingerprint density at radius 3 is 1.59 bits per heavy atom. The molecule has 0 aliphatic carbocycles. The summed E-state index contributed by atoms with van der Waals surface area (Å²) in [5.41, 5.74) is 0.0962. The molecule has 1 aromatic rings. The average molecular weight is 759 g/mol. The summed E-state index contributed by atoms with van der Waals surface area (Å²) in [4.78, 5) is 39.5. The number of allylic oxidation sites excluding steroid dienone is 1. The van der Waals surface area contributed by atoms with Crippen LogP contribution in [0.5, 0.6) is 5.75 Å². The number of hydrogen-bond acceptors (Lipinski definition) is 7. The van der Waals surface area contributed by atoms with Crippen molar-refractivity contribution in [1.29, 1.82) is 0 Å². The van der Waals surface area contributed by atoms with Gasteiger partial charge in [-0.15, -0.1) is 0 Å². The smallest absolute Gasteiger partial charge is 0.331 e. The highest BCUT2D eigenvalue weighted by atomic mass is 16.6. The second-order valence-corrected chi connectivity index (χ2v) is 15.5. The minimum atomic E-state index is -1.09. The number of hydrogen-bond donors (Lipinski definition) is 1. The molecule has 8 heteroatoms. The molecule has 0 bridgehead atoms. The SMILES string of the molecule is CCCCCCCC(=O)OCC(COCc1ccc(OC)cc1)(COC(=O)CCCCCCC)CC(=CC(CCCC)C(CCCC)CCCC)C(=O)O. The van der Waals surface area contributed by atoms with E-state index in [1.807, 2.05) is 30.3 Å². The van der Waals surface area contributed by atoms with E-state index in [0.717, 1.165) is 133 Å². The fourth-order valence-electron chi connectivity index (χ4n) is 7.01. The van der Waals surface area contributed by atoms with Gasteiger partial charge < -0.3 is 24.1 Å². The molecule has 0 amide bonds. The summed E-state index contributed by atoms with van der Waals surface area (Å²) in [6.07, 6.45) is 22.2. The Hall–Kier alpha value is -2.87. The van der Waals surface area contributed by atoms with E-state index in [-0.39, 0.29) is 56.3 Å². The summed E-state index contributed by atoms with van der Waals surface area (Å²) in [7, 11) is 1.62. The van der Waals surface area contributed by atoms with Gasteiger partial charge in [-0.1, -0.05) is 143 Å². The van der Waals surface area contributed by atoms with Crippen molar-refractivity contribution in [3.8, 4) is 5.75 Å². The third kappa shape index (κ3) is 22.5. The zero-order chi connectivity index (χ0) is 39.9. The zero-order valence-corrected chi connectivity index (χ0v) is 35.2. The number of carboxylic acid groups (broad SMARTS) is 1. The van der Waals surface area contributed by atoms with Crippen LogP contribution in [0.1, 0.15) is 181 Å². The molecule has 1 unspecified atom stereocenters. The van der Waals surface area contributed by atoms with E-state index in [9.17, 15) is 19.5 Å². The highest BCUT2D eigenvalue weighted by molar-refractivity contribution is 5.86. The van der Waals surface area contributed by atoms with Gasteiger partial charge in [0.2, 0.25) is 0 Å². The predicted molar refractivity (Wildman–Crippen MR) is 220 cm³/mol. The van der Waals surface area contributed by atoms with Gasteiger partial charge in [0.25, 0.3) is 0 Å². The number of carboxylic acids is 1. The lowest BCUT2D eigenvalue weighted by Crippen LogP contribution is -2.40. The molecule has 1 aromatic carbocycles. The monoisotopic (exact) mass is 759 g/mol. The Kier molecular flexibility index (Phi) is 28.5. The molecular weight excluding hydrogens is 680 g/mol. The van der Waals surface area contributed by atoms with Gasteiger partial charge in [-0.25, -0.2) is 4.79 Å². The number of rotatable bonds is 35. The van der Waals surface area contributed by atoms with Crippen LogP contribution >= 0.6 is 0 Å². The topological polar surface area (TPSA) is 108 Å². The van der Waals surface area contributed by atoms with Crippen molar-refractivity contribution < 1.29 is 38.4 Å². The maximum absolute atomic E-state index is 13.2. The Bertz CT molecular complexity index is 1110. The summed E-state index contributed by atoms with van der Waals surface area (Å²) >= 11 is 0. The van der Waals surface area contributed by atoms with Gasteiger partial charge in [-0.3, -0.25) is 9.59 Å². The van der Waals surface area contributed by atoms with Crippen LogP contribution in [0.4, 0.5) is 0 Å². The summed E-state index contributed by atoms with van der Waals surface area (Å²) in [5, 5.41) is 10.8. The van der Waals surface area contributed by atoms with E-state index in [0.29, 0.717) is 18.8 Å². The van der Waals surface area contributed by atoms with Crippen molar-refractivity contribution in [3.63, 3.8) is 0 Å². The minimum Gasteiger partial charge on any atom is -0.497 e. The molecule has 1 rings (SSSR count). The number of carbonyl (C=O) groups excluding carboxylic acids is 2. The van der Waals surface area contributed by atoms with Crippen LogP contribution in [-0.2, 0) is 35.2 Å². The van der Waals surface area contributed by atoms with E-state index >= 15 is 0 Å². The number of unbranched alkanes of at least 4 members (excludes halogenated alkanes) is 11. The molecule has 0 aliphatic rings. The number of aliphatic carboxylic acids is 1. The van der Waals surface area contributed by atoms with Gasteiger partial charge >= 0.3 is 17.9 Å². The molecule has 0 radical (unpaired) electrons. The predicted octanol–water partition coefficient (Wildman–Crippen LogP) is 12.2. The largest absolute Gasteiger partial charge is 0.497 e. The van der Waals surface area contributed by atoms with Gasteiger partial charge in [0.1, 0.15) is 19.0 Å². The number of esters is 2. The van der Waals surface area contributed by atoms with Crippen molar-refractivity contribution in [2.24, 2.45) is 17.3 Å². The van der Waals surface area contributed by atoms with Gasteiger partial charge in [-0.2, -0.15) is 0 Å². The molecule has 310 valence electrons. The normalized spacial score (nSPS) is 12.5. The molecule has 0 saturated heterocycles. The van der Waals surface area contributed by atoms with Crippen molar-refractivity contribution in [2.45, 2.75) is 182 Å². The highest BCUT2D eigenvalue weighted by Crippen LogP contribution is 2.35. The molecule has 1 N–H and O–H groups in total. The Morgan fingerprint density at radius 2 is 1.13 bits per heavy atom. The number of ether oxygens (including phenoxy) is 4. The van der Waals surface area contributed by atoms with Crippen LogP contribution in [0, 0.1) is 17.3 Å². The van der Waals surface area contributed by atoms with Crippen LogP contribution in [0.15, 0.2) is 35.9 Å². The molecule has 0 saturated carbocycles. The molecule has 8 nitrogen and oxygen atoms in total. The molecule has 0 fully saturated rings. The fourth-order valence-corrected chi connectivity index (χ4v) is 7.01. The van der Waals surface area contributed by atoms with Crippen molar-refractivity contribution >= 4 is 17.9 Å². The summed E-state index contributed by atoms with van der Waals surface area (Å²) in [6, 6.07) is 7.58. The Labute approximate surface area is 329 Å². The molecule has 0 aromatic heterocycles. The van der Waals surface area contributed by atoms with E-state index in [4.69, 9.17) is 18.9 Å². The molecule has 0 aliphatic heterocycles. The average Bonchev–Trinajstić information content (AvgIpc) is 3.17. The van der Waals surface area contributed by atoms with Crippen LogP contribution in [-0.4, -0.2) is 49.9 Å². The third-order valence-corrected chi connectivity index (χ3v) is 10.5. The minimum absolute atomic E-state index is 0.0476. The quantitative estimate of drug-likeness (QED) is 0.0414. The van der Waals surface area contributed by atoms with Crippen LogP contribution < -0.4 is 4.74 Å². The number of carbonyl (C=O) groups is 3. The van der Waals surface area contributed by atoms with Gasteiger partial charge in [-0.05, 0) is 68.1 Å². The molecule has 0 spiro atoms. The molecular formula is C46H78O8.